The third-order valence-corrected chi connectivity index (χ3v) is 8.87. The molecule has 0 radical (unpaired) electrons. The Balaban J connectivity index is 1.40. The lowest BCUT2D eigenvalue weighted by atomic mass is 9.85. The van der Waals surface area contributed by atoms with Crippen LogP contribution in [0.5, 0.6) is 0 Å². The number of nitrogens with one attached hydrogen (secondary N) is 1. The summed E-state index contributed by atoms with van der Waals surface area (Å²) in [6, 6.07) is 6.96. The molecular weight excluding hydrogens is 362 g/mol. The molecule has 2 heterocycles. The summed E-state index contributed by atoms with van der Waals surface area (Å²) in [5.41, 5.74) is 0.946. The third-order valence-electron chi connectivity index (χ3n) is 6.95. The SMILES string of the molecule is Cc1ccc(S(=O)(=O)N2CCN(C(=O)C3(C)CC34CCNCC4)CC2)cc1. The first kappa shape index (κ1) is 18.9. The van der Waals surface area contributed by atoms with E-state index in [1.165, 1.54) is 4.31 Å². The van der Waals surface area contributed by atoms with Gasteiger partial charge in [0, 0.05) is 26.2 Å². The predicted octanol–water partition coefficient (Wildman–Crippen LogP) is 1.61. The molecular formula is C20H29N3O3S. The molecule has 6 nitrogen and oxygen atoms in total. The highest BCUT2D eigenvalue weighted by Gasteiger charge is 2.68. The summed E-state index contributed by atoms with van der Waals surface area (Å²) in [6.45, 7) is 7.72. The highest BCUT2D eigenvalue weighted by atomic mass is 32.2. The van der Waals surface area contributed by atoms with Crippen LogP contribution in [-0.2, 0) is 14.8 Å². The quantitative estimate of drug-likeness (QED) is 0.850. The van der Waals surface area contributed by atoms with Gasteiger partial charge in [0.25, 0.3) is 0 Å². The summed E-state index contributed by atoms with van der Waals surface area (Å²) in [6.07, 6.45) is 3.11. The molecule has 27 heavy (non-hydrogen) atoms. The van der Waals surface area contributed by atoms with Crippen LogP contribution >= 0.6 is 0 Å². The van der Waals surface area contributed by atoms with Crippen LogP contribution in [0.1, 0.15) is 31.7 Å². The zero-order chi connectivity index (χ0) is 19.3. The smallest absolute Gasteiger partial charge is 0.243 e. The molecule has 148 valence electrons. The zero-order valence-electron chi connectivity index (χ0n) is 16.2. The third kappa shape index (κ3) is 3.09. The van der Waals surface area contributed by atoms with Gasteiger partial charge >= 0.3 is 0 Å². The summed E-state index contributed by atoms with van der Waals surface area (Å²) < 4.78 is 27.2. The molecule has 3 aliphatic rings. The minimum Gasteiger partial charge on any atom is -0.340 e. The molecule has 1 saturated carbocycles. The normalized spacial score (nSPS) is 28.3. The number of hydrogen-bond acceptors (Lipinski definition) is 4. The second-order valence-electron chi connectivity index (χ2n) is 8.55. The van der Waals surface area contributed by atoms with E-state index in [0.29, 0.717) is 31.1 Å². The fourth-order valence-electron chi connectivity index (χ4n) is 4.91. The average molecular weight is 392 g/mol. The van der Waals surface area contributed by atoms with Gasteiger partial charge in [-0.25, -0.2) is 8.42 Å². The Labute approximate surface area is 162 Å². The van der Waals surface area contributed by atoms with Crippen molar-refractivity contribution < 1.29 is 13.2 Å². The van der Waals surface area contributed by atoms with E-state index in [9.17, 15) is 13.2 Å². The standard InChI is InChI=1S/C20H29N3O3S/c1-16-3-5-17(6-4-16)27(25,26)23-13-11-22(12-14-23)18(24)19(2)15-20(19)7-9-21-10-8-20/h3-6,21H,7-15H2,1-2H3. The number of nitrogens with zero attached hydrogens (tertiary/aromatic N) is 2. The Hall–Kier alpha value is -1.44. The van der Waals surface area contributed by atoms with Gasteiger partial charge in [0.1, 0.15) is 0 Å². The lowest BCUT2D eigenvalue weighted by Crippen LogP contribution is -2.52. The molecule has 2 aliphatic heterocycles. The Bertz CT molecular complexity index is 823. The van der Waals surface area contributed by atoms with Gasteiger partial charge in [0.05, 0.1) is 10.3 Å². The minimum absolute atomic E-state index is 0.167. The molecule has 1 amide bonds. The fourth-order valence-corrected chi connectivity index (χ4v) is 6.33. The number of piperidine rings is 1. The number of carbonyl (C=O) groups excluding carboxylic acids is 1. The van der Waals surface area contributed by atoms with Crippen molar-refractivity contribution in [2.75, 3.05) is 39.3 Å². The maximum Gasteiger partial charge on any atom is 0.243 e. The molecule has 1 aromatic rings. The molecule has 2 saturated heterocycles. The molecule has 7 heteroatoms. The number of sulfonamides is 1. The molecule has 0 bridgehead atoms. The van der Waals surface area contributed by atoms with Crippen LogP contribution in [0, 0.1) is 17.8 Å². The van der Waals surface area contributed by atoms with E-state index >= 15 is 0 Å². The molecule has 1 unspecified atom stereocenters. The minimum atomic E-state index is -3.49. The highest BCUT2D eigenvalue weighted by Crippen LogP contribution is 2.69. The molecule has 1 aliphatic carbocycles. The topological polar surface area (TPSA) is 69.7 Å². The van der Waals surface area contributed by atoms with Crippen molar-refractivity contribution in [2.24, 2.45) is 10.8 Å². The van der Waals surface area contributed by atoms with Gasteiger partial charge in [0.15, 0.2) is 0 Å². The average Bonchev–Trinajstić information content (AvgIpc) is 3.25. The molecule has 0 aromatic heterocycles. The maximum atomic E-state index is 13.2. The van der Waals surface area contributed by atoms with Crippen LogP contribution in [-0.4, -0.2) is 62.8 Å². The van der Waals surface area contributed by atoms with Gasteiger partial charge in [-0.3, -0.25) is 4.79 Å². The van der Waals surface area contributed by atoms with Crippen LogP contribution < -0.4 is 5.32 Å². The van der Waals surface area contributed by atoms with Crippen LogP contribution in [0.4, 0.5) is 0 Å². The molecule has 1 atom stereocenters. The second kappa shape index (κ2) is 6.57. The predicted molar refractivity (Wildman–Crippen MR) is 104 cm³/mol. The lowest BCUT2D eigenvalue weighted by Gasteiger charge is -2.37. The Morgan fingerprint density at radius 3 is 2.22 bits per heavy atom. The van der Waals surface area contributed by atoms with Gasteiger partial charge < -0.3 is 10.2 Å². The van der Waals surface area contributed by atoms with Crippen molar-refractivity contribution in [3.63, 3.8) is 0 Å². The van der Waals surface area contributed by atoms with E-state index in [2.05, 4.69) is 12.2 Å². The van der Waals surface area contributed by atoms with Gasteiger partial charge in [-0.1, -0.05) is 24.6 Å². The highest BCUT2D eigenvalue weighted by molar-refractivity contribution is 7.89. The van der Waals surface area contributed by atoms with Gasteiger partial charge in [-0.2, -0.15) is 4.31 Å². The number of aryl methyl sites for hydroxylation is 1. The molecule has 1 N–H and O–H groups in total. The fraction of sp³-hybridized carbons (Fsp3) is 0.650. The summed E-state index contributed by atoms with van der Waals surface area (Å²) in [7, 11) is -3.49. The Morgan fingerprint density at radius 1 is 1.04 bits per heavy atom. The van der Waals surface area contributed by atoms with Crippen molar-refractivity contribution >= 4 is 15.9 Å². The molecule has 1 spiro atoms. The number of benzene rings is 1. The largest absolute Gasteiger partial charge is 0.340 e. The number of piperazine rings is 1. The van der Waals surface area contributed by atoms with E-state index in [0.717, 1.165) is 37.9 Å². The number of carbonyl (C=O) groups is 1. The Kier molecular flexibility index (Phi) is 4.60. The van der Waals surface area contributed by atoms with Crippen molar-refractivity contribution in [1.82, 2.24) is 14.5 Å². The van der Waals surface area contributed by atoms with Gasteiger partial charge in [-0.15, -0.1) is 0 Å². The van der Waals surface area contributed by atoms with E-state index in [1.807, 2.05) is 24.0 Å². The maximum absolute atomic E-state index is 13.2. The van der Waals surface area contributed by atoms with Crippen LogP contribution in [0.15, 0.2) is 29.2 Å². The van der Waals surface area contributed by atoms with Crippen molar-refractivity contribution in [2.45, 2.75) is 38.0 Å². The van der Waals surface area contributed by atoms with Crippen molar-refractivity contribution in [1.29, 1.82) is 0 Å². The van der Waals surface area contributed by atoms with E-state index in [-0.39, 0.29) is 16.7 Å². The molecule has 4 rings (SSSR count). The first-order valence-corrected chi connectivity index (χ1v) is 11.3. The van der Waals surface area contributed by atoms with Crippen molar-refractivity contribution in [3.05, 3.63) is 29.8 Å². The van der Waals surface area contributed by atoms with Gasteiger partial charge in [0.2, 0.25) is 15.9 Å². The number of hydrogen-bond donors (Lipinski definition) is 1. The second-order valence-corrected chi connectivity index (χ2v) is 10.5. The molecule has 1 aromatic carbocycles. The Morgan fingerprint density at radius 2 is 1.63 bits per heavy atom. The first-order chi connectivity index (χ1) is 12.8. The zero-order valence-corrected chi connectivity index (χ0v) is 17.0. The van der Waals surface area contributed by atoms with E-state index < -0.39 is 10.0 Å². The summed E-state index contributed by atoms with van der Waals surface area (Å²) in [5, 5.41) is 3.38. The van der Waals surface area contributed by atoms with Crippen LogP contribution in [0.25, 0.3) is 0 Å². The number of amides is 1. The monoisotopic (exact) mass is 391 g/mol. The van der Waals surface area contributed by atoms with Crippen LogP contribution in [0.2, 0.25) is 0 Å². The lowest BCUT2D eigenvalue weighted by molar-refractivity contribution is -0.139. The summed E-state index contributed by atoms with van der Waals surface area (Å²) in [5.74, 6) is 0.219. The van der Waals surface area contributed by atoms with Crippen molar-refractivity contribution in [3.8, 4) is 0 Å². The van der Waals surface area contributed by atoms with Crippen LogP contribution in [0.3, 0.4) is 0 Å². The van der Waals surface area contributed by atoms with E-state index in [1.54, 1.807) is 12.1 Å². The van der Waals surface area contributed by atoms with E-state index in [4.69, 9.17) is 0 Å². The molecule has 3 fully saturated rings. The summed E-state index contributed by atoms with van der Waals surface area (Å²) >= 11 is 0. The first-order valence-electron chi connectivity index (χ1n) is 9.86. The summed E-state index contributed by atoms with van der Waals surface area (Å²) in [4.78, 5) is 15.4. The number of rotatable bonds is 3. The van der Waals surface area contributed by atoms with Gasteiger partial charge in [-0.05, 0) is 56.8 Å².